The van der Waals surface area contributed by atoms with Crippen molar-refractivity contribution in [2.24, 2.45) is 0 Å². The van der Waals surface area contributed by atoms with Crippen molar-refractivity contribution in [3.05, 3.63) is 47.5 Å². The number of amides is 1. The van der Waals surface area contributed by atoms with Crippen molar-refractivity contribution in [2.75, 3.05) is 25.5 Å². The first-order valence-corrected chi connectivity index (χ1v) is 11.9. The van der Waals surface area contributed by atoms with Gasteiger partial charge >= 0.3 is 0 Å². The summed E-state index contributed by atoms with van der Waals surface area (Å²) in [4.78, 5) is 13.1. The van der Waals surface area contributed by atoms with E-state index < -0.39 is 16.1 Å². The molecule has 8 heteroatoms. The Hall–Kier alpha value is -2.58. The van der Waals surface area contributed by atoms with Crippen LogP contribution in [0.15, 0.2) is 41.3 Å². The average molecular weight is 447 g/mol. The Morgan fingerprint density at radius 2 is 1.81 bits per heavy atom. The molecule has 1 amide bonds. The third-order valence-corrected chi connectivity index (χ3v) is 7.45. The van der Waals surface area contributed by atoms with Gasteiger partial charge in [0, 0.05) is 13.1 Å². The van der Waals surface area contributed by atoms with E-state index in [2.05, 4.69) is 5.32 Å². The quantitative estimate of drug-likeness (QED) is 0.665. The van der Waals surface area contributed by atoms with E-state index in [0.29, 0.717) is 36.7 Å². The molecule has 0 radical (unpaired) electrons. The van der Waals surface area contributed by atoms with Crippen molar-refractivity contribution in [3.8, 4) is 11.5 Å². The van der Waals surface area contributed by atoms with Gasteiger partial charge in [-0.25, -0.2) is 8.42 Å². The van der Waals surface area contributed by atoms with E-state index in [1.165, 1.54) is 23.5 Å². The second-order valence-electron chi connectivity index (χ2n) is 7.72. The Labute approximate surface area is 184 Å². The van der Waals surface area contributed by atoms with E-state index >= 15 is 0 Å². The third-order valence-electron chi connectivity index (χ3n) is 5.55. The summed E-state index contributed by atoms with van der Waals surface area (Å²) in [7, 11) is -2.14. The minimum Gasteiger partial charge on any atom is -0.495 e. The predicted molar refractivity (Wildman–Crippen MR) is 120 cm³/mol. The molecule has 0 unspecified atom stereocenters. The molecule has 31 heavy (non-hydrogen) atoms. The third kappa shape index (κ3) is 5.19. The second-order valence-corrected chi connectivity index (χ2v) is 9.66. The van der Waals surface area contributed by atoms with Crippen LogP contribution < -0.4 is 14.8 Å². The van der Waals surface area contributed by atoms with Gasteiger partial charge in [0.1, 0.15) is 11.5 Å². The zero-order valence-electron chi connectivity index (χ0n) is 18.5. The highest BCUT2D eigenvalue weighted by Gasteiger charge is 2.28. The van der Waals surface area contributed by atoms with Gasteiger partial charge in [0.25, 0.3) is 5.91 Å². The fraction of sp³-hybridized carbons (Fsp3) is 0.435. The fourth-order valence-electron chi connectivity index (χ4n) is 3.51. The van der Waals surface area contributed by atoms with Crippen molar-refractivity contribution in [1.82, 2.24) is 4.31 Å². The van der Waals surface area contributed by atoms with Crippen molar-refractivity contribution < 1.29 is 22.7 Å². The smallest absolute Gasteiger partial charge is 0.265 e. The predicted octanol–water partition coefficient (Wildman–Crippen LogP) is 3.89. The summed E-state index contributed by atoms with van der Waals surface area (Å²) in [6, 6.07) is 10.2. The van der Waals surface area contributed by atoms with Crippen LogP contribution in [0.25, 0.3) is 0 Å². The summed E-state index contributed by atoms with van der Waals surface area (Å²) in [5.74, 6) is 0.631. The van der Waals surface area contributed by atoms with Crippen LogP contribution in [0, 0.1) is 13.8 Å². The lowest BCUT2D eigenvalue weighted by Crippen LogP contribution is -2.32. The molecule has 1 heterocycles. The fourth-order valence-corrected chi connectivity index (χ4v) is 5.05. The van der Waals surface area contributed by atoms with Crippen LogP contribution >= 0.6 is 0 Å². The van der Waals surface area contributed by atoms with E-state index in [-0.39, 0.29) is 10.8 Å². The van der Waals surface area contributed by atoms with Gasteiger partial charge in [-0.05, 0) is 74.6 Å². The molecular formula is C23H30N2O5S. The molecule has 1 atom stereocenters. The van der Waals surface area contributed by atoms with Gasteiger partial charge in [0.05, 0.1) is 17.7 Å². The van der Waals surface area contributed by atoms with E-state index in [4.69, 9.17) is 9.47 Å². The molecule has 2 aromatic rings. The molecule has 7 nitrogen and oxygen atoms in total. The van der Waals surface area contributed by atoms with Crippen molar-refractivity contribution in [1.29, 1.82) is 0 Å². The number of sulfonamides is 1. The number of carbonyl (C=O) groups excluding carboxylic acids is 1. The molecule has 1 fully saturated rings. The van der Waals surface area contributed by atoms with Gasteiger partial charge in [-0.1, -0.05) is 13.0 Å². The highest BCUT2D eigenvalue weighted by Crippen LogP contribution is 2.30. The summed E-state index contributed by atoms with van der Waals surface area (Å²) >= 11 is 0. The second kappa shape index (κ2) is 9.70. The SMILES string of the molecule is CC[C@@H](Oc1ccc(C)c(C)c1)C(=O)Nc1cc(S(=O)(=O)N2CCCC2)ccc1OC. The van der Waals surface area contributed by atoms with Crippen molar-refractivity contribution in [2.45, 2.75) is 51.0 Å². The topological polar surface area (TPSA) is 84.9 Å². The van der Waals surface area contributed by atoms with Crippen LogP contribution in [0.4, 0.5) is 5.69 Å². The number of anilines is 1. The van der Waals surface area contributed by atoms with Gasteiger partial charge in [0.15, 0.2) is 6.10 Å². The molecular weight excluding hydrogens is 416 g/mol. The highest BCUT2D eigenvalue weighted by atomic mass is 32.2. The Morgan fingerprint density at radius 3 is 2.42 bits per heavy atom. The number of nitrogens with one attached hydrogen (secondary N) is 1. The molecule has 2 aromatic carbocycles. The Kier molecular flexibility index (Phi) is 7.23. The van der Waals surface area contributed by atoms with Crippen LogP contribution in [-0.4, -0.2) is 44.9 Å². The summed E-state index contributed by atoms with van der Waals surface area (Å²) in [5.41, 5.74) is 2.52. The van der Waals surface area contributed by atoms with Gasteiger partial charge < -0.3 is 14.8 Å². The van der Waals surface area contributed by atoms with Gasteiger partial charge in [-0.2, -0.15) is 4.31 Å². The standard InChI is InChI=1S/C23H30N2O5S/c1-5-21(30-18-9-8-16(2)17(3)14-18)23(26)24-20-15-19(10-11-22(20)29-4)31(27,28)25-12-6-7-13-25/h8-11,14-15,21H,5-7,12-13H2,1-4H3,(H,24,26)/t21-/m1/s1. The maximum atomic E-state index is 12.9. The number of hydrogen-bond acceptors (Lipinski definition) is 5. The average Bonchev–Trinajstić information content (AvgIpc) is 3.30. The van der Waals surface area contributed by atoms with Crippen molar-refractivity contribution >= 4 is 21.6 Å². The summed E-state index contributed by atoms with van der Waals surface area (Å²) in [6.45, 7) is 6.88. The number of hydrogen-bond donors (Lipinski definition) is 1. The summed E-state index contributed by atoms with van der Waals surface area (Å²) in [5, 5.41) is 2.79. The van der Waals surface area contributed by atoms with Gasteiger partial charge in [-0.15, -0.1) is 0 Å². The van der Waals surface area contributed by atoms with Crippen LogP contribution in [-0.2, 0) is 14.8 Å². The summed E-state index contributed by atoms with van der Waals surface area (Å²) < 4.78 is 38.5. The number of benzene rings is 2. The Balaban J connectivity index is 1.82. The monoisotopic (exact) mass is 446 g/mol. The number of carbonyl (C=O) groups is 1. The van der Waals surface area contributed by atoms with E-state index in [1.54, 1.807) is 6.07 Å². The lowest BCUT2D eigenvalue weighted by molar-refractivity contribution is -0.122. The molecule has 1 N–H and O–H groups in total. The normalized spacial score (nSPS) is 15.5. The molecule has 1 aliphatic heterocycles. The molecule has 0 aliphatic carbocycles. The minimum atomic E-state index is -3.61. The number of aryl methyl sites for hydroxylation is 2. The van der Waals surface area contributed by atoms with Crippen LogP contribution in [0.1, 0.15) is 37.3 Å². The first-order valence-electron chi connectivity index (χ1n) is 10.5. The van der Waals surface area contributed by atoms with Gasteiger partial charge in [0.2, 0.25) is 10.0 Å². The first-order chi connectivity index (χ1) is 14.8. The van der Waals surface area contributed by atoms with E-state index in [1.807, 2.05) is 39.0 Å². The van der Waals surface area contributed by atoms with Crippen LogP contribution in [0.3, 0.4) is 0 Å². The number of ether oxygens (including phenoxy) is 2. The molecule has 168 valence electrons. The Morgan fingerprint density at radius 1 is 1.10 bits per heavy atom. The number of rotatable bonds is 8. The molecule has 3 rings (SSSR count). The van der Waals surface area contributed by atoms with Crippen LogP contribution in [0.2, 0.25) is 0 Å². The van der Waals surface area contributed by atoms with E-state index in [9.17, 15) is 13.2 Å². The molecule has 1 saturated heterocycles. The minimum absolute atomic E-state index is 0.133. The van der Waals surface area contributed by atoms with E-state index in [0.717, 1.165) is 24.0 Å². The summed E-state index contributed by atoms with van der Waals surface area (Å²) in [6.07, 6.45) is 1.43. The molecule has 0 aromatic heterocycles. The number of nitrogens with zero attached hydrogens (tertiary/aromatic N) is 1. The van der Waals surface area contributed by atoms with Gasteiger partial charge in [-0.3, -0.25) is 4.79 Å². The zero-order chi connectivity index (χ0) is 22.6. The molecule has 0 bridgehead atoms. The largest absolute Gasteiger partial charge is 0.495 e. The number of methoxy groups -OCH3 is 1. The highest BCUT2D eigenvalue weighted by molar-refractivity contribution is 7.89. The molecule has 1 aliphatic rings. The zero-order valence-corrected chi connectivity index (χ0v) is 19.3. The maximum absolute atomic E-state index is 12.9. The lowest BCUT2D eigenvalue weighted by atomic mass is 10.1. The first kappa shape index (κ1) is 23.1. The molecule has 0 spiro atoms. The van der Waals surface area contributed by atoms with Crippen molar-refractivity contribution in [3.63, 3.8) is 0 Å². The van der Waals surface area contributed by atoms with Crippen LogP contribution in [0.5, 0.6) is 11.5 Å². The molecule has 0 saturated carbocycles. The lowest BCUT2D eigenvalue weighted by Gasteiger charge is -2.20. The maximum Gasteiger partial charge on any atom is 0.265 e. The Bertz CT molecular complexity index is 1050.